The summed E-state index contributed by atoms with van der Waals surface area (Å²) in [4.78, 5) is 29.8. The largest absolute Gasteiger partial charge is 0.378 e. The van der Waals surface area contributed by atoms with Crippen LogP contribution in [0, 0.1) is 0 Å². The summed E-state index contributed by atoms with van der Waals surface area (Å²) < 4.78 is 20.3. The van der Waals surface area contributed by atoms with Crippen molar-refractivity contribution in [3.8, 4) is 0 Å². The molecule has 0 spiro atoms. The number of anilines is 1. The van der Waals surface area contributed by atoms with E-state index < -0.39 is 17.7 Å². The number of ether oxygens (including phenoxy) is 1. The minimum absolute atomic E-state index is 0.357. The predicted octanol–water partition coefficient (Wildman–Crippen LogP) is 0.470. The summed E-state index contributed by atoms with van der Waals surface area (Å²) in [7, 11) is 0. The van der Waals surface area contributed by atoms with Crippen molar-refractivity contribution in [2.45, 2.75) is 18.6 Å². The number of morpholine rings is 1. The van der Waals surface area contributed by atoms with Crippen LogP contribution in [0.2, 0.25) is 0 Å². The lowest BCUT2D eigenvalue weighted by atomic mass is 9.90. The van der Waals surface area contributed by atoms with Gasteiger partial charge in [0, 0.05) is 25.7 Å². The Bertz CT molecular complexity index is 618. The molecule has 2 saturated heterocycles. The monoisotopic (exact) mass is 337 g/mol. The standard InChI is InChI=1S/C16H20FN3O4/c1-11(21)18-10-16(17)14(15(22)24-19-16)12-2-4-13(5-3-12)20-6-8-23-9-7-20/h2-5,14,19H,6-10H2,1H3,(H,18,21). The van der Waals surface area contributed by atoms with Crippen molar-refractivity contribution in [3.63, 3.8) is 0 Å². The molecule has 24 heavy (non-hydrogen) atoms. The highest BCUT2D eigenvalue weighted by atomic mass is 19.1. The van der Waals surface area contributed by atoms with E-state index in [1.165, 1.54) is 6.92 Å². The summed E-state index contributed by atoms with van der Waals surface area (Å²) in [6.07, 6.45) is 0. The third kappa shape index (κ3) is 3.34. The molecule has 0 aliphatic carbocycles. The summed E-state index contributed by atoms with van der Waals surface area (Å²) >= 11 is 0. The number of amides is 1. The first-order chi connectivity index (χ1) is 11.5. The van der Waals surface area contributed by atoms with E-state index in [0.717, 1.165) is 18.8 Å². The maximum Gasteiger partial charge on any atom is 0.337 e. The number of carbonyl (C=O) groups excluding carboxylic acids is 2. The van der Waals surface area contributed by atoms with Crippen LogP contribution < -0.4 is 15.7 Å². The van der Waals surface area contributed by atoms with Gasteiger partial charge in [0.15, 0.2) is 0 Å². The molecule has 2 aliphatic rings. The fourth-order valence-electron chi connectivity index (χ4n) is 2.93. The molecule has 3 rings (SSSR count). The smallest absolute Gasteiger partial charge is 0.337 e. The van der Waals surface area contributed by atoms with Crippen molar-refractivity contribution in [1.82, 2.24) is 10.8 Å². The molecule has 8 heteroatoms. The average Bonchev–Trinajstić information content (AvgIpc) is 2.89. The highest BCUT2D eigenvalue weighted by molar-refractivity contribution is 5.82. The van der Waals surface area contributed by atoms with Gasteiger partial charge in [-0.3, -0.25) is 4.79 Å². The molecule has 7 nitrogen and oxygen atoms in total. The minimum Gasteiger partial charge on any atom is -0.378 e. The Morgan fingerprint density at radius 3 is 2.67 bits per heavy atom. The number of hydrogen-bond donors (Lipinski definition) is 2. The number of hydroxylamine groups is 1. The Labute approximate surface area is 139 Å². The van der Waals surface area contributed by atoms with E-state index in [1.54, 1.807) is 12.1 Å². The Morgan fingerprint density at radius 2 is 2.04 bits per heavy atom. The van der Waals surface area contributed by atoms with Crippen LogP contribution in [-0.4, -0.2) is 50.5 Å². The second kappa shape index (κ2) is 6.74. The van der Waals surface area contributed by atoms with Crippen molar-refractivity contribution >= 4 is 17.6 Å². The molecule has 0 bridgehead atoms. The number of carbonyl (C=O) groups is 2. The third-order valence-electron chi connectivity index (χ3n) is 4.21. The second-order valence-corrected chi connectivity index (χ2v) is 5.92. The number of nitrogens with zero attached hydrogens (tertiary/aromatic N) is 1. The summed E-state index contributed by atoms with van der Waals surface area (Å²) in [6.45, 7) is 3.86. The van der Waals surface area contributed by atoms with Gasteiger partial charge in [-0.05, 0) is 17.7 Å². The molecule has 2 aliphatic heterocycles. The number of alkyl halides is 1. The van der Waals surface area contributed by atoms with Crippen LogP contribution in [0.3, 0.4) is 0 Å². The zero-order valence-electron chi connectivity index (χ0n) is 13.4. The molecule has 0 saturated carbocycles. The molecule has 2 fully saturated rings. The molecule has 2 N–H and O–H groups in total. The minimum atomic E-state index is -2.18. The molecule has 2 unspecified atom stereocenters. The van der Waals surface area contributed by atoms with Crippen LogP contribution in [0.15, 0.2) is 24.3 Å². The molecule has 0 radical (unpaired) electrons. The van der Waals surface area contributed by atoms with Crippen LogP contribution >= 0.6 is 0 Å². The van der Waals surface area contributed by atoms with E-state index in [4.69, 9.17) is 4.74 Å². The lowest BCUT2D eigenvalue weighted by Gasteiger charge is -2.29. The predicted molar refractivity (Wildman–Crippen MR) is 84.0 cm³/mol. The highest BCUT2D eigenvalue weighted by Gasteiger charge is 2.52. The molecule has 1 amide bonds. The van der Waals surface area contributed by atoms with E-state index in [0.29, 0.717) is 18.8 Å². The molecular formula is C16H20FN3O4. The number of rotatable bonds is 4. The van der Waals surface area contributed by atoms with E-state index in [-0.39, 0.29) is 12.5 Å². The molecular weight excluding hydrogens is 317 g/mol. The van der Waals surface area contributed by atoms with Gasteiger partial charge in [0.05, 0.1) is 19.8 Å². The first-order valence-corrected chi connectivity index (χ1v) is 7.83. The van der Waals surface area contributed by atoms with Crippen LogP contribution in [0.1, 0.15) is 18.4 Å². The Morgan fingerprint density at radius 1 is 1.38 bits per heavy atom. The lowest BCUT2D eigenvalue weighted by Crippen LogP contribution is -2.49. The third-order valence-corrected chi connectivity index (χ3v) is 4.21. The van der Waals surface area contributed by atoms with Gasteiger partial charge in [-0.1, -0.05) is 12.1 Å². The van der Waals surface area contributed by atoms with E-state index in [1.807, 2.05) is 12.1 Å². The van der Waals surface area contributed by atoms with E-state index >= 15 is 4.39 Å². The van der Waals surface area contributed by atoms with Gasteiger partial charge in [0.1, 0.15) is 5.92 Å². The lowest BCUT2D eigenvalue weighted by molar-refractivity contribution is -0.144. The number of halogens is 1. The van der Waals surface area contributed by atoms with E-state index in [2.05, 4.69) is 20.5 Å². The van der Waals surface area contributed by atoms with Crippen LogP contribution in [0.4, 0.5) is 10.1 Å². The number of nitrogens with one attached hydrogen (secondary N) is 2. The van der Waals surface area contributed by atoms with Gasteiger partial charge in [0.2, 0.25) is 11.7 Å². The molecule has 2 atom stereocenters. The summed E-state index contributed by atoms with van der Waals surface area (Å²) in [5.41, 5.74) is 3.60. The topological polar surface area (TPSA) is 79.9 Å². The van der Waals surface area contributed by atoms with Crippen molar-refractivity contribution in [1.29, 1.82) is 0 Å². The maximum absolute atomic E-state index is 15.0. The van der Waals surface area contributed by atoms with Crippen LogP contribution in [0.25, 0.3) is 0 Å². The van der Waals surface area contributed by atoms with Crippen molar-refractivity contribution < 1.29 is 23.6 Å². The Kier molecular flexibility index (Phi) is 4.68. The average molecular weight is 337 g/mol. The van der Waals surface area contributed by atoms with E-state index in [9.17, 15) is 9.59 Å². The zero-order valence-corrected chi connectivity index (χ0v) is 13.4. The second-order valence-electron chi connectivity index (χ2n) is 5.92. The van der Waals surface area contributed by atoms with Crippen molar-refractivity contribution in [3.05, 3.63) is 29.8 Å². The van der Waals surface area contributed by atoms with Gasteiger partial charge >= 0.3 is 5.97 Å². The van der Waals surface area contributed by atoms with Crippen molar-refractivity contribution in [2.75, 3.05) is 37.7 Å². The Balaban J connectivity index is 1.78. The van der Waals surface area contributed by atoms with Gasteiger partial charge in [-0.15, -0.1) is 5.48 Å². The maximum atomic E-state index is 15.0. The van der Waals surface area contributed by atoms with Gasteiger partial charge in [-0.2, -0.15) is 0 Å². The molecule has 0 aromatic heterocycles. The quantitative estimate of drug-likeness (QED) is 0.778. The van der Waals surface area contributed by atoms with Crippen molar-refractivity contribution in [2.24, 2.45) is 0 Å². The van der Waals surface area contributed by atoms with Crippen LogP contribution in [-0.2, 0) is 19.2 Å². The van der Waals surface area contributed by atoms with Gasteiger partial charge in [0.25, 0.3) is 0 Å². The van der Waals surface area contributed by atoms with Gasteiger partial charge < -0.3 is 19.8 Å². The fourth-order valence-corrected chi connectivity index (χ4v) is 2.93. The number of hydrogen-bond acceptors (Lipinski definition) is 6. The summed E-state index contributed by atoms with van der Waals surface area (Å²) in [5.74, 6) is -4.40. The zero-order chi connectivity index (χ0) is 17.2. The SMILES string of the molecule is CC(=O)NCC1(F)NOC(=O)C1c1ccc(N2CCOCC2)cc1. The Hall–Kier alpha value is -2.19. The fraction of sp³-hybridized carbons (Fsp3) is 0.500. The highest BCUT2D eigenvalue weighted by Crippen LogP contribution is 2.36. The summed E-state index contributed by atoms with van der Waals surface area (Å²) in [6, 6.07) is 7.13. The van der Waals surface area contributed by atoms with Crippen LogP contribution in [0.5, 0.6) is 0 Å². The molecule has 1 aromatic rings. The molecule has 2 heterocycles. The molecule has 1 aromatic carbocycles. The number of benzene rings is 1. The first-order valence-electron chi connectivity index (χ1n) is 7.83. The normalized spacial score (nSPS) is 27.0. The van der Waals surface area contributed by atoms with Gasteiger partial charge in [-0.25, -0.2) is 9.18 Å². The molecule has 130 valence electrons. The first kappa shape index (κ1) is 16.7. The summed E-state index contributed by atoms with van der Waals surface area (Å²) in [5, 5.41) is 2.38.